The predicted molar refractivity (Wildman–Crippen MR) is 33.1 cm³/mol. The summed E-state index contributed by atoms with van der Waals surface area (Å²) >= 11 is 0. The Morgan fingerprint density at radius 1 is 1.78 bits per heavy atom. The predicted octanol–water partition coefficient (Wildman–Crippen LogP) is 0.621. The highest BCUT2D eigenvalue weighted by Crippen LogP contribution is 1.99. The minimum Gasteiger partial charge on any atom is -0.286 e. The molecular formula is C5H6N2O2. The van der Waals surface area contributed by atoms with Crippen LogP contribution in [0.15, 0.2) is 16.8 Å². The Hall–Kier alpha value is -1.19. The first-order valence-corrected chi connectivity index (χ1v) is 2.65. The Labute approximate surface area is 52.1 Å². The van der Waals surface area contributed by atoms with Gasteiger partial charge in [0.1, 0.15) is 0 Å². The molecule has 4 heteroatoms. The van der Waals surface area contributed by atoms with Crippen LogP contribution in [0.25, 0.3) is 0 Å². The zero-order valence-electron chi connectivity index (χ0n) is 4.78. The number of nitrogens with zero attached hydrogens (tertiary/aromatic N) is 2. The van der Waals surface area contributed by atoms with Crippen LogP contribution >= 0.6 is 0 Å². The summed E-state index contributed by atoms with van der Waals surface area (Å²) < 4.78 is 0. The van der Waals surface area contributed by atoms with E-state index in [1.807, 2.05) is 0 Å². The van der Waals surface area contributed by atoms with E-state index in [1.54, 1.807) is 6.08 Å². The highest BCUT2D eigenvalue weighted by molar-refractivity contribution is 5.75. The molecule has 1 rings (SSSR count). The van der Waals surface area contributed by atoms with Gasteiger partial charge in [0.15, 0.2) is 0 Å². The molecule has 0 radical (unpaired) electrons. The quantitative estimate of drug-likeness (QED) is 0.382. The third kappa shape index (κ3) is 1.35. The number of hydrogen-bond acceptors (Lipinski definition) is 3. The molecule has 48 valence electrons. The van der Waals surface area contributed by atoms with E-state index in [4.69, 9.17) is 0 Å². The smallest absolute Gasteiger partial charge is 0.283 e. The van der Waals surface area contributed by atoms with Crippen LogP contribution in [0.1, 0.15) is 6.42 Å². The fourth-order valence-corrected chi connectivity index (χ4v) is 0.619. The Kier molecular flexibility index (Phi) is 1.58. The van der Waals surface area contributed by atoms with Gasteiger partial charge in [-0.15, -0.1) is 0 Å². The summed E-state index contributed by atoms with van der Waals surface area (Å²) in [6.45, 7) is 0.678. The molecule has 0 saturated carbocycles. The van der Waals surface area contributed by atoms with Crippen molar-refractivity contribution in [3.8, 4) is 0 Å². The third-order valence-electron chi connectivity index (χ3n) is 1.05. The topological polar surface area (TPSA) is 55.5 Å². The fourth-order valence-electron chi connectivity index (χ4n) is 0.619. The maximum absolute atomic E-state index is 10.0. The van der Waals surface area contributed by atoms with Crippen LogP contribution in [0, 0.1) is 10.1 Å². The van der Waals surface area contributed by atoms with Crippen molar-refractivity contribution in [1.29, 1.82) is 0 Å². The molecule has 0 aromatic carbocycles. The van der Waals surface area contributed by atoms with E-state index in [0.29, 0.717) is 13.0 Å². The van der Waals surface area contributed by atoms with Crippen LogP contribution in [0.2, 0.25) is 0 Å². The van der Waals surface area contributed by atoms with Gasteiger partial charge in [0.2, 0.25) is 0 Å². The van der Waals surface area contributed by atoms with Crippen molar-refractivity contribution in [3.05, 3.63) is 21.9 Å². The van der Waals surface area contributed by atoms with E-state index in [2.05, 4.69) is 4.99 Å². The summed E-state index contributed by atoms with van der Waals surface area (Å²) in [5.41, 5.74) is 0.112. The van der Waals surface area contributed by atoms with Crippen LogP contribution in [-0.4, -0.2) is 17.7 Å². The van der Waals surface area contributed by atoms with Crippen molar-refractivity contribution < 1.29 is 4.92 Å². The Morgan fingerprint density at radius 3 is 2.89 bits per heavy atom. The molecule has 4 nitrogen and oxygen atoms in total. The summed E-state index contributed by atoms with van der Waals surface area (Å²) in [5.74, 6) is 0. The number of nitro groups is 1. The molecule has 0 amide bonds. The van der Waals surface area contributed by atoms with Gasteiger partial charge in [-0.1, -0.05) is 0 Å². The monoisotopic (exact) mass is 126 g/mol. The second-order valence-electron chi connectivity index (χ2n) is 1.71. The van der Waals surface area contributed by atoms with Crippen LogP contribution in [0.3, 0.4) is 0 Å². The lowest BCUT2D eigenvalue weighted by Gasteiger charge is -1.95. The molecule has 0 unspecified atom stereocenters. The first kappa shape index (κ1) is 5.94. The minimum atomic E-state index is -0.428. The van der Waals surface area contributed by atoms with Crippen molar-refractivity contribution in [1.82, 2.24) is 0 Å². The molecule has 1 aliphatic heterocycles. The van der Waals surface area contributed by atoms with Crippen LogP contribution in [-0.2, 0) is 0 Å². The van der Waals surface area contributed by atoms with E-state index < -0.39 is 4.92 Å². The highest BCUT2D eigenvalue weighted by Gasteiger charge is 2.07. The van der Waals surface area contributed by atoms with E-state index in [1.165, 1.54) is 6.21 Å². The molecule has 1 heterocycles. The molecule has 1 aliphatic rings. The summed E-state index contributed by atoms with van der Waals surface area (Å²) in [5, 5.41) is 10.0. The largest absolute Gasteiger partial charge is 0.286 e. The Bertz CT molecular complexity index is 183. The lowest BCUT2D eigenvalue weighted by Crippen LogP contribution is -2.03. The average Bonchev–Trinajstić information content (AvgIpc) is 1.90. The SMILES string of the molecule is O=[N+]([O-])C1=CCCN=C1. The van der Waals surface area contributed by atoms with Crippen molar-refractivity contribution in [3.63, 3.8) is 0 Å². The Balaban J connectivity index is 2.69. The molecule has 0 aliphatic carbocycles. The van der Waals surface area contributed by atoms with Crippen molar-refractivity contribution in [2.24, 2.45) is 4.99 Å². The average molecular weight is 126 g/mol. The van der Waals surface area contributed by atoms with Gasteiger partial charge in [0.25, 0.3) is 5.70 Å². The summed E-state index contributed by atoms with van der Waals surface area (Å²) in [4.78, 5) is 13.3. The van der Waals surface area contributed by atoms with Gasteiger partial charge < -0.3 is 0 Å². The highest BCUT2D eigenvalue weighted by atomic mass is 16.6. The maximum atomic E-state index is 10.0. The number of dihydropyridines is 1. The van der Waals surface area contributed by atoms with E-state index in [-0.39, 0.29) is 5.70 Å². The summed E-state index contributed by atoms with van der Waals surface area (Å²) in [6, 6.07) is 0. The first-order valence-electron chi connectivity index (χ1n) is 2.65. The second-order valence-corrected chi connectivity index (χ2v) is 1.71. The van der Waals surface area contributed by atoms with Gasteiger partial charge >= 0.3 is 0 Å². The first-order chi connectivity index (χ1) is 4.30. The number of aliphatic imine (C=N–C) groups is 1. The maximum Gasteiger partial charge on any atom is 0.283 e. The zero-order valence-corrected chi connectivity index (χ0v) is 4.78. The van der Waals surface area contributed by atoms with Gasteiger partial charge in [0.05, 0.1) is 11.1 Å². The Morgan fingerprint density at radius 2 is 2.56 bits per heavy atom. The molecule has 0 N–H and O–H groups in total. The summed E-state index contributed by atoms with van der Waals surface area (Å²) in [7, 11) is 0. The van der Waals surface area contributed by atoms with E-state index >= 15 is 0 Å². The minimum absolute atomic E-state index is 0.112. The normalized spacial score (nSPS) is 17.1. The van der Waals surface area contributed by atoms with Gasteiger partial charge in [-0.25, -0.2) is 0 Å². The zero-order chi connectivity index (χ0) is 6.69. The lowest BCUT2D eigenvalue weighted by atomic mass is 10.3. The molecule has 0 spiro atoms. The molecule has 0 aromatic rings. The van der Waals surface area contributed by atoms with Crippen molar-refractivity contribution in [2.75, 3.05) is 6.54 Å². The molecule has 0 saturated heterocycles. The molecule has 0 atom stereocenters. The van der Waals surface area contributed by atoms with E-state index in [9.17, 15) is 10.1 Å². The van der Waals surface area contributed by atoms with Gasteiger partial charge in [-0.3, -0.25) is 15.1 Å². The van der Waals surface area contributed by atoms with Gasteiger partial charge in [-0.05, 0) is 12.5 Å². The van der Waals surface area contributed by atoms with Crippen LogP contribution < -0.4 is 0 Å². The fraction of sp³-hybridized carbons (Fsp3) is 0.400. The molecule has 0 bridgehead atoms. The molecular weight excluding hydrogens is 120 g/mol. The summed E-state index contributed by atoms with van der Waals surface area (Å²) in [6.07, 6.45) is 3.56. The van der Waals surface area contributed by atoms with Crippen LogP contribution in [0.5, 0.6) is 0 Å². The molecule has 0 aromatic heterocycles. The van der Waals surface area contributed by atoms with E-state index in [0.717, 1.165) is 0 Å². The molecule has 9 heavy (non-hydrogen) atoms. The van der Waals surface area contributed by atoms with Gasteiger partial charge in [0, 0.05) is 6.54 Å². The standard InChI is InChI=1S/C5H6N2O2/c8-7(9)5-2-1-3-6-4-5/h2,4H,1,3H2. The number of hydrogen-bond donors (Lipinski definition) is 0. The lowest BCUT2D eigenvalue weighted by molar-refractivity contribution is -0.414. The van der Waals surface area contributed by atoms with Crippen molar-refractivity contribution >= 4 is 6.21 Å². The second kappa shape index (κ2) is 2.39. The molecule has 0 fully saturated rings. The van der Waals surface area contributed by atoms with Crippen molar-refractivity contribution in [2.45, 2.75) is 6.42 Å². The third-order valence-corrected chi connectivity index (χ3v) is 1.05. The van der Waals surface area contributed by atoms with Crippen LogP contribution in [0.4, 0.5) is 0 Å². The number of allylic oxidation sites excluding steroid dienone is 1. The van der Waals surface area contributed by atoms with Gasteiger partial charge in [-0.2, -0.15) is 0 Å². The number of rotatable bonds is 1.